The van der Waals surface area contributed by atoms with Crippen molar-refractivity contribution in [2.45, 2.75) is 13.0 Å². The van der Waals surface area contributed by atoms with E-state index in [1.165, 1.54) is 0 Å². The van der Waals surface area contributed by atoms with Crippen LogP contribution in [0, 0.1) is 0 Å². The number of aliphatic hydroxyl groups is 1. The smallest absolute Gasteiger partial charge is 0.133 e. The van der Waals surface area contributed by atoms with Gasteiger partial charge in [-0.3, -0.25) is 0 Å². The summed E-state index contributed by atoms with van der Waals surface area (Å²) in [5.74, 6) is 1.63. The molecule has 0 saturated carbocycles. The fourth-order valence-corrected chi connectivity index (χ4v) is 1.74. The van der Waals surface area contributed by atoms with Crippen LogP contribution in [0.1, 0.15) is 12.1 Å². The second kappa shape index (κ2) is 6.75. The summed E-state index contributed by atoms with van der Waals surface area (Å²) in [4.78, 5) is 13.5. The lowest BCUT2D eigenvalue weighted by Crippen LogP contribution is -2.20. The highest BCUT2D eigenvalue weighted by Crippen LogP contribution is 2.13. The topological polar surface area (TPSA) is 77.1 Å². The SMILES string of the molecule is CN(CCCO)c1cc(NCc2ccc[nH]2)ncn1. The molecule has 0 bridgehead atoms. The summed E-state index contributed by atoms with van der Waals surface area (Å²) in [5, 5.41) is 12.1. The molecule has 0 spiro atoms. The van der Waals surface area contributed by atoms with E-state index in [9.17, 15) is 0 Å². The first kappa shape index (κ1) is 13.4. The van der Waals surface area contributed by atoms with Gasteiger partial charge in [-0.25, -0.2) is 9.97 Å². The van der Waals surface area contributed by atoms with Crippen LogP contribution in [-0.4, -0.2) is 40.3 Å². The number of aliphatic hydroxyl groups excluding tert-OH is 1. The molecule has 0 unspecified atom stereocenters. The molecular formula is C13H19N5O. The van der Waals surface area contributed by atoms with Crippen molar-refractivity contribution in [3.8, 4) is 0 Å². The van der Waals surface area contributed by atoms with Gasteiger partial charge in [0.15, 0.2) is 0 Å². The van der Waals surface area contributed by atoms with E-state index in [0.29, 0.717) is 6.54 Å². The molecule has 0 aliphatic carbocycles. The molecule has 0 radical (unpaired) electrons. The Kier molecular flexibility index (Phi) is 4.74. The lowest BCUT2D eigenvalue weighted by molar-refractivity contribution is 0.290. The van der Waals surface area contributed by atoms with E-state index < -0.39 is 0 Å². The molecule has 2 aromatic rings. The Bertz CT molecular complexity index is 486. The molecule has 0 aliphatic rings. The summed E-state index contributed by atoms with van der Waals surface area (Å²) in [6.45, 7) is 1.65. The zero-order chi connectivity index (χ0) is 13.5. The number of hydrogen-bond acceptors (Lipinski definition) is 5. The summed E-state index contributed by atoms with van der Waals surface area (Å²) >= 11 is 0. The molecule has 2 aromatic heterocycles. The van der Waals surface area contributed by atoms with E-state index >= 15 is 0 Å². The minimum absolute atomic E-state index is 0.188. The largest absolute Gasteiger partial charge is 0.396 e. The molecule has 0 amide bonds. The van der Waals surface area contributed by atoms with Gasteiger partial charge in [-0.1, -0.05) is 0 Å². The van der Waals surface area contributed by atoms with Gasteiger partial charge in [0.05, 0.1) is 6.54 Å². The number of anilines is 2. The third kappa shape index (κ3) is 3.96. The van der Waals surface area contributed by atoms with Crippen LogP contribution in [0.4, 0.5) is 11.6 Å². The minimum atomic E-state index is 0.188. The predicted octanol–water partition coefficient (Wildman–Crippen LogP) is 1.24. The van der Waals surface area contributed by atoms with Crippen molar-refractivity contribution in [1.29, 1.82) is 0 Å². The monoisotopic (exact) mass is 261 g/mol. The summed E-state index contributed by atoms with van der Waals surface area (Å²) < 4.78 is 0. The Morgan fingerprint density at radius 3 is 3.05 bits per heavy atom. The van der Waals surface area contributed by atoms with Crippen LogP contribution in [0.25, 0.3) is 0 Å². The standard InChI is InChI=1S/C13H19N5O/c1-18(6-3-7-19)13-8-12(16-10-17-13)15-9-11-4-2-5-14-11/h2,4-5,8,10,14,19H,3,6-7,9H2,1H3,(H,15,16,17). The van der Waals surface area contributed by atoms with Crippen LogP contribution in [-0.2, 0) is 6.54 Å². The molecule has 3 N–H and O–H groups in total. The number of aromatic amines is 1. The first-order valence-electron chi connectivity index (χ1n) is 6.30. The maximum atomic E-state index is 8.83. The van der Waals surface area contributed by atoms with Crippen molar-refractivity contribution < 1.29 is 5.11 Å². The number of rotatable bonds is 7. The van der Waals surface area contributed by atoms with Gasteiger partial charge in [-0.15, -0.1) is 0 Å². The third-order valence-electron chi connectivity index (χ3n) is 2.82. The second-order valence-corrected chi connectivity index (χ2v) is 4.31. The fraction of sp³-hybridized carbons (Fsp3) is 0.385. The third-order valence-corrected chi connectivity index (χ3v) is 2.82. The van der Waals surface area contributed by atoms with Crippen LogP contribution >= 0.6 is 0 Å². The number of hydrogen-bond donors (Lipinski definition) is 3. The van der Waals surface area contributed by atoms with E-state index in [0.717, 1.165) is 30.3 Å². The van der Waals surface area contributed by atoms with Gasteiger partial charge < -0.3 is 20.3 Å². The number of H-pyrrole nitrogens is 1. The van der Waals surface area contributed by atoms with Crippen molar-refractivity contribution in [2.24, 2.45) is 0 Å². The summed E-state index contributed by atoms with van der Waals surface area (Å²) in [6.07, 6.45) is 4.17. The van der Waals surface area contributed by atoms with Crippen LogP contribution in [0.15, 0.2) is 30.7 Å². The van der Waals surface area contributed by atoms with Crippen LogP contribution in [0.5, 0.6) is 0 Å². The molecule has 2 heterocycles. The molecule has 0 aromatic carbocycles. The van der Waals surface area contributed by atoms with Crippen molar-refractivity contribution in [3.05, 3.63) is 36.4 Å². The van der Waals surface area contributed by atoms with E-state index in [1.807, 2.05) is 36.3 Å². The average Bonchev–Trinajstić information content (AvgIpc) is 2.96. The van der Waals surface area contributed by atoms with Gasteiger partial charge in [-0.05, 0) is 18.6 Å². The molecule has 19 heavy (non-hydrogen) atoms. The molecule has 0 saturated heterocycles. The molecule has 6 heteroatoms. The molecule has 0 aliphatic heterocycles. The van der Waals surface area contributed by atoms with Crippen molar-refractivity contribution in [2.75, 3.05) is 30.4 Å². The zero-order valence-corrected chi connectivity index (χ0v) is 11.0. The maximum Gasteiger partial charge on any atom is 0.133 e. The number of aromatic nitrogens is 3. The zero-order valence-electron chi connectivity index (χ0n) is 11.0. The molecule has 0 atom stereocenters. The Morgan fingerprint density at radius 1 is 1.42 bits per heavy atom. The van der Waals surface area contributed by atoms with Crippen molar-refractivity contribution in [3.63, 3.8) is 0 Å². The molecular weight excluding hydrogens is 242 g/mol. The summed E-state index contributed by atoms with van der Waals surface area (Å²) in [6, 6.07) is 5.88. The summed E-state index contributed by atoms with van der Waals surface area (Å²) in [5.41, 5.74) is 1.11. The van der Waals surface area contributed by atoms with Gasteiger partial charge >= 0.3 is 0 Å². The number of nitrogens with one attached hydrogen (secondary N) is 2. The average molecular weight is 261 g/mol. The molecule has 2 rings (SSSR count). The lowest BCUT2D eigenvalue weighted by Gasteiger charge is -2.17. The van der Waals surface area contributed by atoms with Gasteiger partial charge in [-0.2, -0.15) is 0 Å². The normalized spacial score (nSPS) is 10.4. The predicted molar refractivity (Wildman–Crippen MR) is 75.1 cm³/mol. The van der Waals surface area contributed by atoms with Crippen molar-refractivity contribution in [1.82, 2.24) is 15.0 Å². The lowest BCUT2D eigenvalue weighted by atomic mass is 10.4. The Morgan fingerprint density at radius 2 is 2.32 bits per heavy atom. The fourth-order valence-electron chi connectivity index (χ4n) is 1.74. The van der Waals surface area contributed by atoms with Crippen LogP contribution in [0.2, 0.25) is 0 Å². The van der Waals surface area contributed by atoms with E-state index in [4.69, 9.17) is 5.11 Å². The first-order chi connectivity index (χ1) is 9.29. The Labute approximate surface area is 112 Å². The highest BCUT2D eigenvalue weighted by molar-refractivity contribution is 5.47. The Hall–Kier alpha value is -2.08. The van der Waals surface area contributed by atoms with Crippen LogP contribution < -0.4 is 10.2 Å². The molecule has 102 valence electrons. The van der Waals surface area contributed by atoms with Gasteiger partial charge in [0.25, 0.3) is 0 Å². The quantitative estimate of drug-likeness (QED) is 0.699. The summed E-state index contributed by atoms with van der Waals surface area (Å²) in [7, 11) is 1.95. The van der Waals surface area contributed by atoms with Gasteiger partial charge in [0, 0.05) is 38.2 Å². The van der Waals surface area contributed by atoms with Crippen molar-refractivity contribution >= 4 is 11.6 Å². The highest BCUT2D eigenvalue weighted by Gasteiger charge is 2.04. The van der Waals surface area contributed by atoms with E-state index in [2.05, 4.69) is 20.3 Å². The molecule has 0 fully saturated rings. The molecule has 6 nitrogen and oxygen atoms in total. The number of nitrogens with zero attached hydrogens (tertiary/aromatic N) is 3. The second-order valence-electron chi connectivity index (χ2n) is 4.31. The highest BCUT2D eigenvalue weighted by atomic mass is 16.3. The Balaban J connectivity index is 1.94. The first-order valence-corrected chi connectivity index (χ1v) is 6.30. The van der Waals surface area contributed by atoms with Gasteiger partial charge in [0.2, 0.25) is 0 Å². The van der Waals surface area contributed by atoms with Gasteiger partial charge in [0.1, 0.15) is 18.0 Å². The van der Waals surface area contributed by atoms with E-state index in [1.54, 1.807) is 6.33 Å². The van der Waals surface area contributed by atoms with Crippen LogP contribution in [0.3, 0.4) is 0 Å². The maximum absolute atomic E-state index is 8.83. The minimum Gasteiger partial charge on any atom is -0.396 e. The van der Waals surface area contributed by atoms with E-state index in [-0.39, 0.29) is 6.61 Å².